The van der Waals surface area contributed by atoms with Crippen LogP contribution in [0.1, 0.15) is 44.9 Å². The number of thioether (sulfide) groups is 1. The molecule has 3 atom stereocenters. The first-order valence-corrected chi connectivity index (χ1v) is 24.6. The molecule has 2 rings (SSSR count). The Morgan fingerprint density at radius 3 is 1.79 bits per heavy atom. The molecule has 0 radical (unpaired) electrons. The van der Waals surface area contributed by atoms with Gasteiger partial charge in [-0.05, 0) is 38.8 Å². The van der Waals surface area contributed by atoms with E-state index < -0.39 is 0 Å². The van der Waals surface area contributed by atoms with E-state index in [4.69, 9.17) is 38.1 Å². The molecule has 0 spiro atoms. The predicted molar refractivity (Wildman–Crippen MR) is 252 cm³/mol. The zero-order chi connectivity index (χ0) is 44.9. The Morgan fingerprint density at radius 1 is 0.565 bits per heavy atom. The van der Waals surface area contributed by atoms with Crippen LogP contribution in [0.5, 0.6) is 0 Å². The van der Waals surface area contributed by atoms with Crippen LogP contribution in [0.3, 0.4) is 0 Å². The van der Waals surface area contributed by atoms with Gasteiger partial charge in [0, 0.05) is 155 Å². The highest BCUT2D eigenvalue weighted by Crippen LogP contribution is 2.33. The minimum Gasteiger partial charge on any atom is -0.377 e. The van der Waals surface area contributed by atoms with Gasteiger partial charge in [-0.3, -0.25) is 24.3 Å². The summed E-state index contributed by atoms with van der Waals surface area (Å²) in [5.41, 5.74) is 29.1. The van der Waals surface area contributed by atoms with E-state index in [1.54, 1.807) is 0 Å². The van der Waals surface area contributed by atoms with Crippen LogP contribution in [-0.2, 0) is 19.1 Å². The summed E-state index contributed by atoms with van der Waals surface area (Å²) in [5, 5.41) is 19.3. The second kappa shape index (κ2) is 38.3. The van der Waals surface area contributed by atoms with Crippen molar-refractivity contribution in [2.24, 2.45) is 28.7 Å². The molecule has 0 bridgehead atoms. The monoisotopic (exact) mass is 904 g/mol. The number of carbonyl (C=O) groups is 3. The number of unbranched alkanes of at least 4 members (excludes halogenated alkanes) is 3. The fourth-order valence-corrected chi connectivity index (χ4v) is 9.13. The molecule has 2 aliphatic heterocycles. The first kappa shape index (κ1) is 56.2. The second-order valence-corrected chi connectivity index (χ2v) is 17.4. The molecule has 0 aromatic carbocycles. The van der Waals surface area contributed by atoms with Gasteiger partial charge >= 0.3 is 6.03 Å². The SMILES string of the molecule is NCCCCCN(CCN(CCN)CCN)CCN(CCNCCN)CCNCCN(CCN)CCNC(=O)COCCOCCNC(=O)CCCC[C@H]1SC[C@H]2NC(=O)N[C@H]21. The van der Waals surface area contributed by atoms with Gasteiger partial charge in [0.15, 0.2) is 0 Å². The van der Waals surface area contributed by atoms with Crippen LogP contribution in [0, 0.1) is 0 Å². The van der Waals surface area contributed by atoms with Gasteiger partial charge in [-0.1, -0.05) is 12.8 Å². The Labute approximate surface area is 377 Å². The summed E-state index contributed by atoms with van der Waals surface area (Å²) >= 11 is 1.89. The lowest BCUT2D eigenvalue weighted by atomic mass is 10.0. The van der Waals surface area contributed by atoms with E-state index in [-0.39, 0.29) is 36.5 Å². The van der Waals surface area contributed by atoms with Gasteiger partial charge < -0.3 is 74.9 Å². The van der Waals surface area contributed by atoms with Crippen molar-refractivity contribution in [1.82, 2.24) is 51.5 Å². The topological polar surface area (TPSA) is 285 Å². The summed E-state index contributed by atoms with van der Waals surface area (Å²) in [4.78, 5) is 45.8. The fraction of sp³-hybridized carbons (Fsp3) is 0.927. The maximum atomic E-state index is 12.4. The molecule has 0 aromatic heterocycles. The maximum absolute atomic E-state index is 12.4. The quantitative estimate of drug-likeness (QED) is 0.0208. The first-order chi connectivity index (χ1) is 30.3. The van der Waals surface area contributed by atoms with Crippen molar-refractivity contribution in [3.05, 3.63) is 0 Å². The Kier molecular flexibility index (Phi) is 34.7. The van der Waals surface area contributed by atoms with Crippen molar-refractivity contribution < 1.29 is 23.9 Å². The lowest BCUT2D eigenvalue weighted by Crippen LogP contribution is -2.45. The molecular weight excluding hydrogens is 815 g/mol. The van der Waals surface area contributed by atoms with Gasteiger partial charge in [-0.2, -0.15) is 11.8 Å². The number of urea groups is 1. The molecule has 0 saturated carbocycles. The summed E-state index contributed by atoms with van der Waals surface area (Å²) in [5.74, 6) is 0.793. The van der Waals surface area contributed by atoms with Gasteiger partial charge in [0.1, 0.15) is 6.61 Å². The average Bonchev–Trinajstić information content (AvgIpc) is 3.82. The Morgan fingerprint density at radius 2 is 1.15 bits per heavy atom. The smallest absolute Gasteiger partial charge is 0.315 e. The van der Waals surface area contributed by atoms with Crippen LogP contribution in [0.25, 0.3) is 0 Å². The molecule has 2 saturated heterocycles. The van der Waals surface area contributed by atoms with Crippen molar-refractivity contribution in [3.63, 3.8) is 0 Å². The molecule has 16 N–H and O–H groups in total. The Balaban J connectivity index is 1.55. The highest BCUT2D eigenvalue weighted by Gasteiger charge is 2.42. The van der Waals surface area contributed by atoms with Crippen molar-refractivity contribution in [1.29, 1.82) is 0 Å². The molecule has 0 unspecified atom stereocenters. The lowest BCUT2D eigenvalue weighted by molar-refractivity contribution is -0.126. The van der Waals surface area contributed by atoms with Crippen molar-refractivity contribution in [2.45, 2.75) is 62.3 Å². The van der Waals surface area contributed by atoms with Gasteiger partial charge in [-0.25, -0.2) is 4.79 Å². The third-order valence-corrected chi connectivity index (χ3v) is 12.6. The molecule has 2 fully saturated rings. The molecule has 4 amide bonds. The van der Waals surface area contributed by atoms with Gasteiger partial charge in [0.05, 0.1) is 31.9 Å². The zero-order valence-corrected chi connectivity index (χ0v) is 38.9. The number of nitrogens with two attached hydrogens (primary N) is 5. The summed E-state index contributed by atoms with van der Waals surface area (Å²) in [7, 11) is 0. The summed E-state index contributed by atoms with van der Waals surface area (Å²) in [6.45, 7) is 19.4. The van der Waals surface area contributed by atoms with E-state index in [0.29, 0.717) is 77.3 Å². The average molecular weight is 904 g/mol. The highest BCUT2D eigenvalue weighted by molar-refractivity contribution is 8.00. The number of carbonyl (C=O) groups excluding carboxylic acids is 3. The third-order valence-electron chi connectivity index (χ3n) is 11.1. The van der Waals surface area contributed by atoms with Gasteiger partial charge in [-0.15, -0.1) is 0 Å². The largest absolute Gasteiger partial charge is 0.377 e. The number of fused-ring (bicyclic) bond motifs is 1. The van der Waals surface area contributed by atoms with E-state index in [1.807, 2.05) is 11.8 Å². The lowest BCUT2D eigenvalue weighted by Gasteiger charge is -2.30. The van der Waals surface area contributed by atoms with Crippen LogP contribution in [0.15, 0.2) is 0 Å². The standard InChI is InChI=1S/C41H89N15O5S/c42-8-4-1-5-19-53(27-29-54(20-10-44)21-11-45)28-30-56(24-14-47-13-9-43)25-16-48-15-23-55(22-12-46)26-17-49-39(58)34-61-33-32-60-31-18-50-38(57)7-3-2-6-37-40-36(35-62-37)51-41(59)52-40/h36-37,40,47-48H,1-35,42-46H2,(H,49,58)(H,50,57)(H2,51,52,59)/t36-,37-,40-/m1/s1. The van der Waals surface area contributed by atoms with Crippen LogP contribution < -0.4 is 60.6 Å². The Bertz CT molecular complexity index is 1120. The number of rotatable bonds is 44. The minimum atomic E-state index is -0.169. The number of nitrogens with one attached hydrogen (secondary N) is 6. The molecule has 0 aliphatic carbocycles. The first-order valence-electron chi connectivity index (χ1n) is 23.5. The van der Waals surface area contributed by atoms with Crippen molar-refractivity contribution in [2.75, 3.05) is 183 Å². The molecule has 0 aromatic rings. The van der Waals surface area contributed by atoms with Crippen molar-refractivity contribution in [3.8, 4) is 0 Å². The molecule has 62 heavy (non-hydrogen) atoms. The van der Waals surface area contributed by atoms with E-state index in [0.717, 1.165) is 149 Å². The van der Waals surface area contributed by atoms with Crippen LogP contribution in [0.2, 0.25) is 0 Å². The number of ether oxygens (including phenoxy) is 2. The fourth-order valence-electron chi connectivity index (χ4n) is 7.59. The molecule has 2 heterocycles. The maximum Gasteiger partial charge on any atom is 0.315 e. The third kappa shape index (κ3) is 28.1. The van der Waals surface area contributed by atoms with E-state index in [2.05, 4.69) is 51.5 Å². The van der Waals surface area contributed by atoms with Crippen LogP contribution in [-0.4, -0.2) is 237 Å². The minimum absolute atomic E-state index is 0.0148. The molecule has 20 nitrogen and oxygen atoms in total. The van der Waals surface area contributed by atoms with Gasteiger partial charge in [0.2, 0.25) is 11.8 Å². The summed E-state index contributed by atoms with van der Waals surface area (Å²) in [6, 6.07) is 0.366. The molecular formula is C41H89N15O5S. The Hall–Kier alpha value is -1.96. The summed E-state index contributed by atoms with van der Waals surface area (Å²) in [6.07, 6.45) is 6.60. The van der Waals surface area contributed by atoms with Crippen molar-refractivity contribution >= 4 is 29.6 Å². The van der Waals surface area contributed by atoms with Crippen LogP contribution >= 0.6 is 11.8 Å². The number of nitrogens with zero attached hydrogens (tertiary/aromatic N) is 4. The van der Waals surface area contributed by atoms with E-state index >= 15 is 0 Å². The molecule has 2 aliphatic rings. The number of amides is 4. The normalized spacial score (nSPS) is 17.4. The molecule has 364 valence electrons. The summed E-state index contributed by atoms with van der Waals surface area (Å²) < 4.78 is 11.0. The predicted octanol–water partition coefficient (Wildman–Crippen LogP) is -3.67. The zero-order valence-electron chi connectivity index (χ0n) is 38.1. The second-order valence-electron chi connectivity index (χ2n) is 16.1. The highest BCUT2D eigenvalue weighted by atomic mass is 32.2. The van der Waals surface area contributed by atoms with E-state index in [9.17, 15) is 14.4 Å². The van der Waals surface area contributed by atoms with Crippen LogP contribution in [0.4, 0.5) is 4.79 Å². The van der Waals surface area contributed by atoms with Gasteiger partial charge in [0.25, 0.3) is 0 Å². The molecule has 21 heteroatoms. The van der Waals surface area contributed by atoms with E-state index in [1.165, 1.54) is 0 Å². The number of hydrogen-bond acceptors (Lipinski definition) is 17. The number of hydrogen-bond donors (Lipinski definition) is 11.